The number of hydrogen-bond donors (Lipinski definition) is 1. The number of carbonyl (C=O) groups excluding carboxylic acids is 2. The normalized spacial score (nSPS) is 16.9. The third-order valence-corrected chi connectivity index (χ3v) is 4.45. The van der Waals surface area contributed by atoms with Gasteiger partial charge in [0, 0.05) is 5.71 Å². The van der Waals surface area contributed by atoms with Gasteiger partial charge in [-0.3, -0.25) is 9.59 Å². The van der Waals surface area contributed by atoms with Crippen LogP contribution in [-0.4, -0.2) is 24.1 Å². The number of nitriles is 1. The summed E-state index contributed by atoms with van der Waals surface area (Å²) in [6.07, 6.45) is 2.71. The predicted molar refractivity (Wildman–Crippen MR) is 85.0 cm³/mol. The SMILES string of the molecule is CC(=N)C(C#N)C(=O)COC(=O)C1(c2cccc(F)c2)CCCC1. The third-order valence-electron chi connectivity index (χ3n) is 4.45. The van der Waals surface area contributed by atoms with E-state index in [4.69, 9.17) is 15.4 Å². The zero-order chi connectivity index (χ0) is 17.7. The number of nitrogens with zero attached hydrogens (tertiary/aromatic N) is 1. The van der Waals surface area contributed by atoms with Gasteiger partial charge in [0.05, 0.1) is 11.5 Å². The van der Waals surface area contributed by atoms with E-state index in [0.29, 0.717) is 18.4 Å². The van der Waals surface area contributed by atoms with Crippen LogP contribution in [0.3, 0.4) is 0 Å². The summed E-state index contributed by atoms with van der Waals surface area (Å²) in [5, 5.41) is 16.3. The van der Waals surface area contributed by atoms with Crippen LogP contribution in [0.2, 0.25) is 0 Å². The van der Waals surface area contributed by atoms with E-state index in [9.17, 15) is 14.0 Å². The van der Waals surface area contributed by atoms with Crippen molar-refractivity contribution in [3.8, 4) is 6.07 Å². The Labute approximate surface area is 139 Å². The van der Waals surface area contributed by atoms with Crippen LogP contribution in [0.25, 0.3) is 0 Å². The molecule has 1 aromatic carbocycles. The summed E-state index contributed by atoms with van der Waals surface area (Å²) >= 11 is 0. The average Bonchev–Trinajstić information content (AvgIpc) is 3.04. The van der Waals surface area contributed by atoms with Gasteiger partial charge >= 0.3 is 5.97 Å². The van der Waals surface area contributed by atoms with Crippen molar-refractivity contribution in [3.05, 3.63) is 35.6 Å². The molecule has 0 aromatic heterocycles. The van der Waals surface area contributed by atoms with Gasteiger partial charge < -0.3 is 10.1 Å². The summed E-state index contributed by atoms with van der Waals surface area (Å²) in [7, 11) is 0. The number of rotatable bonds is 6. The first kappa shape index (κ1) is 17.8. The van der Waals surface area contributed by atoms with E-state index in [2.05, 4.69) is 0 Å². The molecule has 0 aliphatic heterocycles. The molecular formula is C18H19FN2O3. The summed E-state index contributed by atoms with van der Waals surface area (Å²) in [4.78, 5) is 24.6. The second-order valence-corrected chi connectivity index (χ2v) is 6.09. The molecule has 0 heterocycles. The van der Waals surface area contributed by atoms with Gasteiger partial charge in [0.2, 0.25) is 0 Å². The lowest BCUT2D eigenvalue weighted by molar-refractivity contribution is -0.154. The maximum Gasteiger partial charge on any atom is 0.316 e. The van der Waals surface area contributed by atoms with Crippen LogP contribution in [-0.2, 0) is 19.7 Å². The highest BCUT2D eigenvalue weighted by atomic mass is 19.1. The molecule has 1 aliphatic rings. The molecule has 0 bridgehead atoms. The Morgan fingerprint density at radius 1 is 1.42 bits per heavy atom. The molecule has 5 nitrogen and oxygen atoms in total. The third kappa shape index (κ3) is 3.51. The van der Waals surface area contributed by atoms with E-state index in [1.54, 1.807) is 18.2 Å². The van der Waals surface area contributed by atoms with E-state index in [1.165, 1.54) is 19.1 Å². The summed E-state index contributed by atoms with van der Waals surface area (Å²) < 4.78 is 18.7. The average molecular weight is 330 g/mol. The summed E-state index contributed by atoms with van der Waals surface area (Å²) in [5.41, 5.74) is -0.471. The lowest BCUT2D eigenvalue weighted by Crippen LogP contribution is -2.37. The molecule has 0 amide bonds. The molecule has 6 heteroatoms. The molecular weight excluding hydrogens is 311 g/mol. The van der Waals surface area contributed by atoms with Gasteiger partial charge in [-0.1, -0.05) is 25.0 Å². The van der Waals surface area contributed by atoms with Gasteiger partial charge in [-0.2, -0.15) is 5.26 Å². The maximum absolute atomic E-state index is 13.5. The van der Waals surface area contributed by atoms with Gasteiger partial charge in [-0.25, -0.2) is 4.39 Å². The Bertz CT molecular complexity index is 702. The second kappa shape index (κ2) is 7.35. The molecule has 1 aliphatic carbocycles. The monoisotopic (exact) mass is 330 g/mol. The molecule has 1 aromatic rings. The highest BCUT2D eigenvalue weighted by Crippen LogP contribution is 2.42. The number of esters is 1. The van der Waals surface area contributed by atoms with Crippen molar-refractivity contribution in [3.63, 3.8) is 0 Å². The first-order chi connectivity index (χ1) is 11.4. The highest BCUT2D eigenvalue weighted by molar-refractivity contribution is 6.06. The van der Waals surface area contributed by atoms with Crippen LogP contribution in [0, 0.1) is 28.5 Å². The summed E-state index contributed by atoms with van der Waals surface area (Å²) in [6.45, 7) is 0.809. The number of carbonyl (C=O) groups is 2. The molecule has 0 saturated heterocycles. The fourth-order valence-corrected chi connectivity index (χ4v) is 3.14. The summed E-state index contributed by atoms with van der Waals surface area (Å²) in [6, 6.07) is 7.61. The number of halogens is 1. The minimum atomic E-state index is -1.20. The van der Waals surface area contributed by atoms with Crippen molar-refractivity contribution in [2.75, 3.05) is 6.61 Å². The molecule has 0 spiro atoms. The minimum Gasteiger partial charge on any atom is -0.457 e. The number of ketones is 1. The Hall–Kier alpha value is -2.55. The van der Waals surface area contributed by atoms with Crippen molar-refractivity contribution < 1.29 is 18.7 Å². The lowest BCUT2D eigenvalue weighted by Gasteiger charge is -2.27. The smallest absolute Gasteiger partial charge is 0.316 e. The Morgan fingerprint density at radius 3 is 2.62 bits per heavy atom. The maximum atomic E-state index is 13.5. The van der Waals surface area contributed by atoms with E-state index >= 15 is 0 Å². The van der Waals surface area contributed by atoms with Crippen LogP contribution in [0.4, 0.5) is 4.39 Å². The van der Waals surface area contributed by atoms with Crippen LogP contribution in [0.1, 0.15) is 38.2 Å². The van der Waals surface area contributed by atoms with Crippen LogP contribution in [0.15, 0.2) is 24.3 Å². The van der Waals surface area contributed by atoms with E-state index in [-0.39, 0.29) is 5.71 Å². The fourth-order valence-electron chi connectivity index (χ4n) is 3.14. The zero-order valence-electron chi connectivity index (χ0n) is 13.5. The van der Waals surface area contributed by atoms with Gasteiger partial charge in [-0.05, 0) is 37.5 Å². The number of hydrogen-bond acceptors (Lipinski definition) is 5. The van der Waals surface area contributed by atoms with Gasteiger partial charge in [-0.15, -0.1) is 0 Å². The number of nitrogens with one attached hydrogen (secondary N) is 1. The standard InChI is InChI=1S/C18H19FN2O3/c1-12(21)15(10-20)16(22)11-24-17(23)18(7-2-3-8-18)13-5-4-6-14(19)9-13/h4-6,9,15,21H,2-3,7-8,11H2,1H3. The molecule has 1 atom stereocenters. The van der Waals surface area contributed by atoms with Crippen molar-refractivity contribution in [1.82, 2.24) is 0 Å². The second-order valence-electron chi connectivity index (χ2n) is 6.09. The number of Topliss-reactive ketones (excluding diaryl/α,β-unsaturated/α-hetero) is 1. The Kier molecular flexibility index (Phi) is 5.45. The molecule has 24 heavy (non-hydrogen) atoms. The molecule has 126 valence electrons. The first-order valence-corrected chi connectivity index (χ1v) is 7.81. The van der Waals surface area contributed by atoms with Crippen molar-refractivity contribution in [1.29, 1.82) is 10.7 Å². The summed E-state index contributed by atoms with van der Waals surface area (Å²) in [5.74, 6) is -2.82. The molecule has 1 saturated carbocycles. The topological polar surface area (TPSA) is 91.0 Å². The molecule has 2 rings (SSSR count). The van der Waals surface area contributed by atoms with Crippen molar-refractivity contribution in [2.45, 2.75) is 38.0 Å². The van der Waals surface area contributed by atoms with Crippen LogP contribution < -0.4 is 0 Å². The highest BCUT2D eigenvalue weighted by Gasteiger charge is 2.44. The van der Waals surface area contributed by atoms with Crippen molar-refractivity contribution in [2.24, 2.45) is 5.92 Å². The number of ether oxygens (including phenoxy) is 1. The number of benzene rings is 1. The molecule has 1 N–H and O–H groups in total. The van der Waals surface area contributed by atoms with E-state index in [0.717, 1.165) is 12.8 Å². The quantitative estimate of drug-likeness (QED) is 0.641. The van der Waals surface area contributed by atoms with E-state index in [1.807, 2.05) is 0 Å². The Morgan fingerprint density at radius 2 is 2.08 bits per heavy atom. The molecule has 0 radical (unpaired) electrons. The molecule has 1 unspecified atom stereocenters. The fraction of sp³-hybridized carbons (Fsp3) is 0.444. The van der Waals surface area contributed by atoms with Crippen LogP contribution >= 0.6 is 0 Å². The van der Waals surface area contributed by atoms with Gasteiger partial charge in [0.25, 0.3) is 0 Å². The Balaban J connectivity index is 2.15. The first-order valence-electron chi connectivity index (χ1n) is 7.81. The lowest BCUT2D eigenvalue weighted by atomic mass is 9.79. The van der Waals surface area contributed by atoms with Gasteiger partial charge in [0.15, 0.2) is 12.4 Å². The van der Waals surface area contributed by atoms with Crippen molar-refractivity contribution >= 4 is 17.5 Å². The molecule has 1 fully saturated rings. The van der Waals surface area contributed by atoms with Gasteiger partial charge in [0.1, 0.15) is 11.7 Å². The zero-order valence-corrected chi connectivity index (χ0v) is 13.5. The predicted octanol–water partition coefficient (Wildman–Crippen LogP) is 2.93. The largest absolute Gasteiger partial charge is 0.457 e. The van der Waals surface area contributed by atoms with E-state index < -0.39 is 35.5 Å². The minimum absolute atomic E-state index is 0.0840. The van der Waals surface area contributed by atoms with Crippen LogP contribution in [0.5, 0.6) is 0 Å².